The molecule has 1 aromatic rings. The molecule has 1 saturated heterocycles. The van der Waals surface area contributed by atoms with Gasteiger partial charge in [-0.3, -0.25) is 9.69 Å². The molecule has 0 aliphatic carbocycles. The van der Waals surface area contributed by atoms with E-state index in [1.165, 1.54) is 6.42 Å². The monoisotopic (exact) mass is 338 g/mol. The van der Waals surface area contributed by atoms with Crippen molar-refractivity contribution in [1.82, 2.24) is 9.80 Å². The fourth-order valence-corrected chi connectivity index (χ4v) is 2.82. The molecule has 4 heteroatoms. The first-order chi connectivity index (χ1) is 9.60. The normalized spacial score (nSPS) is 18.1. The fraction of sp³-hybridized carbons (Fsp3) is 0.562. The quantitative estimate of drug-likeness (QED) is 0.842. The second-order valence-corrected chi connectivity index (χ2v) is 6.39. The molecule has 1 aromatic carbocycles. The Bertz CT molecular complexity index is 438. The molecule has 3 nitrogen and oxygen atoms in total. The zero-order valence-electron chi connectivity index (χ0n) is 12.3. The molecule has 20 heavy (non-hydrogen) atoms. The summed E-state index contributed by atoms with van der Waals surface area (Å²) >= 11 is 3.41. The van der Waals surface area contributed by atoms with Crippen molar-refractivity contribution in [2.45, 2.75) is 32.7 Å². The number of amides is 1. The molecule has 110 valence electrons. The van der Waals surface area contributed by atoms with Crippen LogP contribution in [0.25, 0.3) is 0 Å². The van der Waals surface area contributed by atoms with Crippen LogP contribution in [0.15, 0.2) is 28.7 Å². The maximum atomic E-state index is 12.3. The molecule has 0 spiro atoms. The average molecular weight is 339 g/mol. The minimum Gasteiger partial charge on any atom is -0.340 e. The Morgan fingerprint density at radius 2 is 1.80 bits per heavy atom. The standard InChI is InChI=1S/C16H23BrN2O/c1-3-13(2)18-8-10-19(11-9-18)16(20)12-14-4-6-15(17)7-5-14/h4-7,13H,3,8-12H2,1-2H3. The van der Waals surface area contributed by atoms with Crippen LogP contribution in [0.1, 0.15) is 25.8 Å². The topological polar surface area (TPSA) is 23.6 Å². The average Bonchev–Trinajstić information content (AvgIpc) is 2.49. The third-order valence-corrected chi connectivity index (χ3v) is 4.68. The van der Waals surface area contributed by atoms with E-state index in [-0.39, 0.29) is 5.91 Å². The second-order valence-electron chi connectivity index (χ2n) is 5.48. The summed E-state index contributed by atoms with van der Waals surface area (Å²) in [4.78, 5) is 16.8. The molecule has 1 atom stereocenters. The lowest BCUT2D eigenvalue weighted by atomic mass is 10.1. The van der Waals surface area contributed by atoms with E-state index in [1.54, 1.807) is 0 Å². The summed E-state index contributed by atoms with van der Waals surface area (Å²) in [5, 5.41) is 0. The fourth-order valence-electron chi connectivity index (χ4n) is 2.56. The summed E-state index contributed by atoms with van der Waals surface area (Å²) in [6.07, 6.45) is 1.68. The molecular weight excluding hydrogens is 316 g/mol. The van der Waals surface area contributed by atoms with Gasteiger partial charge >= 0.3 is 0 Å². The van der Waals surface area contributed by atoms with Gasteiger partial charge in [-0.25, -0.2) is 0 Å². The molecule has 0 bridgehead atoms. The van der Waals surface area contributed by atoms with E-state index in [0.29, 0.717) is 12.5 Å². The SMILES string of the molecule is CCC(C)N1CCN(C(=O)Cc2ccc(Br)cc2)CC1. The number of piperazine rings is 1. The molecular formula is C16H23BrN2O. The van der Waals surface area contributed by atoms with Crippen molar-refractivity contribution < 1.29 is 4.79 Å². The number of benzene rings is 1. The summed E-state index contributed by atoms with van der Waals surface area (Å²) in [6.45, 7) is 8.20. The molecule has 0 radical (unpaired) electrons. The van der Waals surface area contributed by atoms with Gasteiger partial charge in [0.25, 0.3) is 0 Å². The highest BCUT2D eigenvalue weighted by Gasteiger charge is 2.23. The van der Waals surface area contributed by atoms with Crippen LogP contribution in [0.4, 0.5) is 0 Å². The number of nitrogens with zero attached hydrogens (tertiary/aromatic N) is 2. The third-order valence-electron chi connectivity index (χ3n) is 4.15. The van der Waals surface area contributed by atoms with Gasteiger partial charge in [0, 0.05) is 36.7 Å². The first-order valence-corrected chi connectivity index (χ1v) is 8.15. The van der Waals surface area contributed by atoms with Crippen LogP contribution in [0, 0.1) is 0 Å². The number of hydrogen-bond acceptors (Lipinski definition) is 2. The molecule has 1 unspecified atom stereocenters. The van der Waals surface area contributed by atoms with Crippen LogP contribution in [0.5, 0.6) is 0 Å². The molecule has 2 rings (SSSR count). The first-order valence-electron chi connectivity index (χ1n) is 7.36. The van der Waals surface area contributed by atoms with E-state index in [2.05, 4.69) is 34.7 Å². The van der Waals surface area contributed by atoms with Crippen LogP contribution >= 0.6 is 15.9 Å². The minimum absolute atomic E-state index is 0.246. The number of halogens is 1. The molecule has 1 fully saturated rings. The van der Waals surface area contributed by atoms with Crippen molar-refractivity contribution in [2.24, 2.45) is 0 Å². The van der Waals surface area contributed by atoms with Gasteiger partial charge in [0.05, 0.1) is 6.42 Å². The van der Waals surface area contributed by atoms with Crippen LogP contribution < -0.4 is 0 Å². The number of carbonyl (C=O) groups excluding carboxylic acids is 1. The molecule has 1 amide bonds. The van der Waals surface area contributed by atoms with Crippen LogP contribution in [-0.4, -0.2) is 47.9 Å². The highest BCUT2D eigenvalue weighted by Crippen LogP contribution is 2.13. The first kappa shape index (κ1) is 15.5. The maximum absolute atomic E-state index is 12.3. The van der Waals surface area contributed by atoms with Crippen molar-refractivity contribution in [3.63, 3.8) is 0 Å². The molecule has 1 heterocycles. The Morgan fingerprint density at radius 1 is 1.20 bits per heavy atom. The highest BCUT2D eigenvalue weighted by atomic mass is 79.9. The summed E-state index contributed by atoms with van der Waals surface area (Å²) in [6, 6.07) is 8.63. The van der Waals surface area contributed by atoms with Crippen LogP contribution in [-0.2, 0) is 11.2 Å². The lowest BCUT2D eigenvalue weighted by Crippen LogP contribution is -2.51. The largest absolute Gasteiger partial charge is 0.340 e. The lowest BCUT2D eigenvalue weighted by Gasteiger charge is -2.37. The Labute approximate surface area is 130 Å². The summed E-state index contributed by atoms with van der Waals surface area (Å²) in [7, 11) is 0. The molecule has 0 saturated carbocycles. The molecule has 0 aromatic heterocycles. The van der Waals surface area contributed by atoms with Crippen LogP contribution in [0.3, 0.4) is 0 Å². The molecule has 1 aliphatic rings. The van der Waals surface area contributed by atoms with Gasteiger partial charge in [-0.1, -0.05) is 35.0 Å². The Balaban J connectivity index is 1.84. The van der Waals surface area contributed by atoms with Gasteiger partial charge in [0.1, 0.15) is 0 Å². The van der Waals surface area contributed by atoms with Crippen molar-refractivity contribution in [3.05, 3.63) is 34.3 Å². The Kier molecular flexibility index (Phi) is 5.61. The predicted octanol–water partition coefficient (Wildman–Crippen LogP) is 2.93. The van der Waals surface area contributed by atoms with Crippen molar-refractivity contribution in [1.29, 1.82) is 0 Å². The van der Waals surface area contributed by atoms with E-state index < -0.39 is 0 Å². The van der Waals surface area contributed by atoms with Crippen LogP contribution in [0.2, 0.25) is 0 Å². The maximum Gasteiger partial charge on any atom is 0.227 e. The zero-order valence-corrected chi connectivity index (χ0v) is 13.9. The number of carbonyl (C=O) groups is 1. The number of hydrogen-bond donors (Lipinski definition) is 0. The lowest BCUT2D eigenvalue weighted by molar-refractivity contribution is -0.132. The highest BCUT2D eigenvalue weighted by molar-refractivity contribution is 9.10. The summed E-state index contributed by atoms with van der Waals surface area (Å²) < 4.78 is 1.05. The smallest absolute Gasteiger partial charge is 0.227 e. The Morgan fingerprint density at radius 3 is 2.35 bits per heavy atom. The summed E-state index contributed by atoms with van der Waals surface area (Å²) in [5.41, 5.74) is 1.09. The van der Waals surface area contributed by atoms with Crippen molar-refractivity contribution in [2.75, 3.05) is 26.2 Å². The van der Waals surface area contributed by atoms with E-state index in [0.717, 1.165) is 36.2 Å². The number of rotatable bonds is 4. The summed E-state index contributed by atoms with van der Waals surface area (Å²) in [5.74, 6) is 0.246. The van der Waals surface area contributed by atoms with E-state index >= 15 is 0 Å². The van der Waals surface area contributed by atoms with Gasteiger partial charge in [-0.15, -0.1) is 0 Å². The zero-order chi connectivity index (χ0) is 14.5. The minimum atomic E-state index is 0.246. The van der Waals surface area contributed by atoms with Gasteiger partial charge in [-0.05, 0) is 31.0 Å². The van der Waals surface area contributed by atoms with Gasteiger partial charge in [-0.2, -0.15) is 0 Å². The predicted molar refractivity (Wildman–Crippen MR) is 85.8 cm³/mol. The van der Waals surface area contributed by atoms with Crippen molar-refractivity contribution in [3.8, 4) is 0 Å². The van der Waals surface area contributed by atoms with Gasteiger partial charge in [0.15, 0.2) is 0 Å². The molecule has 0 N–H and O–H groups in total. The van der Waals surface area contributed by atoms with E-state index in [9.17, 15) is 4.79 Å². The van der Waals surface area contributed by atoms with E-state index in [1.807, 2.05) is 29.2 Å². The van der Waals surface area contributed by atoms with Gasteiger partial charge < -0.3 is 4.90 Å². The van der Waals surface area contributed by atoms with Gasteiger partial charge in [0.2, 0.25) is 5.91 Å². The third kappa shape index (κ3) is 4.06. The molecule has 1 aliphatic heterocycles. The Hall–Kier alpha value is -0.870. The second kappa shape index (κ2) is 7.23. The van der Waals surface area contributed by atoms with E-state index in [4.69, 9.17) is 0 Å². The van der Waals surface area contributed by atoms with Crippen molar-refractivity contribution >= 4 is 21.8 Å².